The van der Waals surface area contributed by atoms with Crippen molar-refractivity contribution in [2.75, 3.05) is 25.1 Å². The van der Waals surface area contributed by atoms with E-state index >= 15 is 0 Å². The van der Waals surface area contributed by atoms with E-state index in [1.54, 1.807) is 24.3 Å². The van der Waals surface area contributed by atoms with Gasteiger partial charge >= 0.3 is 0 Å². The van der Waals surface area contributed by atoms with Crippen molar-refractivity contribution in [2.24, 2.45) is 0 Å². The number of carbonyl (C=O) groups excluding carboxylic acids is 2. The lowest BCUT2D eigenvalue weighted by Crippen LogP contribution is -2.15. The van der Waals surface area contributed by atoms with Crippen LogP contribution in [0, 0.1) is 0 Å². The molecule has 3 rings (SSSR count). The number of carbonyl (C=O) groups is 2. The monoisotopic (exact) mass is 341 g/mol. The zero-order chi connectivity index (χ0) is 17.6. The van der Waals surface area contributed by atoms with Crippen molar-refractivity contribution >= 4 is 17.4 Å². The molecule has 6 heteroatoms. The number of fused-ring (bicyclic) bond motifs is 1. The fourth-order valence-electron chi connectivity index (χ4n) is 2.77. The van der Waals surface area contributed by atoms with E-state index in [9.17, 15) is 9.59 Å². The molecule has 0 atom stereocenters. The average molecular weight is 341 g/mol. The predicted molar refractivity (Wildman–Crippen MR) is 92.2 cm³/mol. The molecular weight excluding hydrogens is 322 g/mol. The maximum atomic E-state index is 11.7. The van der Waals surface area contributed by atoms with Crippen molar-refractivity contribution in [1.82, 2.24) is 0 Å². The minimum Gasteiger partial charge on any atom is -0.490 e. The number of ketones is 1. The van der Waals surface area contributed by atoms with Gasteiger partial charge in [-0.25, -0.2) is 0 Å². The highest BCUT2D eigenvalue weighted by Crippen LogP contribution is 2.30. The second-order valence-electron chi connectivity index (χ2n) is 5.64. The van der Waals surface area contributed by atoms with Crippen LogP contribution in [0.3, 0.4) is 0 Å². The molecule has 0 saturated heterocycles. The summed E-state index contributed by atoms with van der Waals surface area (Å²) in [5, 5.41) is 11.3. The van der Waals surface area contributed by atoms with Gasteiger partial charge in [-0.05, 0) is 24.6 Å². The molecule has 25 heavy (non-hydrogen) atoms. The molecule has 0 bridgehead atoms. The predicted octanol–water partition coefficient (Wildman–Crippen LogP) is 2.20. The first-order valence-electron chi connectivity index (χ1n) is 8.09. The summed E-state index contributed by atoms with van der Waals surface area (Å²) in [5.41, 5.74) is 2.28. The summed E-state index contributed by atoms with van der Waals surface area (Å²) in [6, 6.07) is 12.4. The van der Waals surface area contributed by atoms with E-state index < -0.39 is 12.5 Å². The minimum absolute atomic E-state index is 0.165. The summed E-state index contributed by atoms with van der Waals surface area (Å²) in [6.07, 6.45) is 1.26. The topological polar surface area (TPSA) is 84.9 Å². The maximum absolute atomic E-state index is 11.7. The summed E-state index contributed by atoms with van der Waals surface area (Å²) in [4.78, 5) is 22.9. The first kappa shape index (κ1) is 17.0. The second kappa shape index (κ2) is 7.81. The molecule has 0 saturated carbocycles. The Morgan fingerprint density at radius 3 is 2.72 bits per heavy atom. The van der Waals surface area contributed by atoms with Crippen molar-refractivity contribution in [1.29, 1.82) is 0 Å². The Morgan fingerprint density at radius 1 is 1.08 bits per heavy atom. The summed E-state index contributed by atoms with van der Waals surface area (Å²) in [7, 11) is 0. The molecule has 2 N–H and O–H groups in total. The van der Waals surface area contributed by atoms with E-state index in [1.165, 1.54) is 0 Å². The molecule has 0 heterocycles. The second-order valence-corrected chi connectivity index (χ2v) is 5.64. The van der Waals surface area contributed by atoms with Crippen LogP contribution in [-0.2, 0) is 11.2 Å². The number of ether oxygens (including phenoxy) is 2. The number of aliphatic hydroxyl groups excluding tert-OH is 1. The van der Waals surface area contributed by atoms with Crippen LogP contribution >= 0.6 is 0 Å². The molecule has 1 amide bonds. The van der Waals surface area contributed by atoms with E-state index in [2.05, 4.69) is 5.32 Å². The molecule has 1 aliphatic rings. The number of Topliss-reactive ketones (excluding diaryl/α,β-unsaturated/α-hetero) is 1. The molecule has 2 aromatic carbocycles. The Balaban J connectivity index is 1.52. The van der Waals surface area contributed by atoms with Crippen molar-refractivity contribution in [2.45, 2.75) is 12.8 Å². The van der Waals surface area contributed by atoms with Gasteiger partial charge < -0.3 is 19.9 Å². The van der Waals surface area contributed by atoms with Gasteiger partial charge in [0.2, 0.25) is 5.91 Å². The van der Waals surface area contributed by atoms with E-state index in [0.29, 0.717) is 31.1 Å². The number of aliphatic hydroxyl groups is 1. The Hall–Kier alpha value is -2.86. The van der Waals surface area contributed by atoms with E-state index in [4.69, 9.17) is 14.6 Å². The fraction of sp³-hybridized carbons (Fsp3) is 0.263. The highest BCUT2D eigenvalue weighted by atomic mass is 16.5. The van der Waals surface area contributed by atoms with Crippen LogP contribution in [0.5, 0.6) is 11.5 Å². The summed E-state index contributed by atoms with van der Waals surface area (Å²) < 4.78 is 11.4. The van der Waals surface area contributed by atoms with Gasteiger partial charge in [-0.2, -0.15) is 0 Å². The Bertz CT molecular complexity index is 787. The zero-order valence-corrected chi connectivity index (χ0v) is 13.7. The van der Waals surface area contributed by atoms with Crippen molar-refractivity contribution in [3.05, 3.63) is 53.6 Å². The van der Waals surface area contributed by atoms with Crippen LogP contribution in [0.4, 0.5) is 5.69 Å². The molecule has 0 spiro atoms. The van der Waals surface area contributed by atoms with Crippen LogP contribution in [-0.4, -0.2) is 36.6 Å². The SMILES string of the molecule is O=C(CO)Nc1cccc(OCCOc2cccc3c2CCC3=O)c1. The van der Waals surface area contributed by atoms with Gasteiger partial charge in [-0.15, -0.1) is 0 Å². The van der Waals surface area contributed by atoms with Crippen LogP contribution < -0.4 is 14.8 Å². The highest BCUT2D eigenvalue weighted by molar-refractivity contribution is 6.01. The van der Waals surface area contributed by atoms with E-state index in [0.717, 1.165) is 23.3 Å². The number of amides is 1. The third-order valence-electron chi connectivity index (χ3n) is 3.91. The lowest BCUT2D eigenvalue weighted by atomic mass is 10.1. The molecule has 0 unspecified atom stereocenters. The summed E-state index contributed by atoms with van der Waals surface area (Å²) in [5.74, 6) is 1.01. The Kier molecular flexibility index (Phi) is 5.30. The number of hydrogen-bond acceptors (Lipinski definition) is 5. The van der Waals surface area contributed by atoms with Gasteiger partial charge in [0.25, 0.3) is 0 Å². The van der Waals surface area contributed by atoms with Crippen LogP contribution in [0.15, 0.2) is 42.5 Å². The average Bonchev–Trinajstić information content (AvgIpc) is 3.01. The molecule has 0 aromatic heterocycles. The van der Waals surface area contributed by atoms with Gasteiger partial charge in [0, 0.05) is 29.3 Å². The van der Waals surface area contributed by atoms with Gasteiger partial charge in [0.05, 0.1) is 0 Å². The normalized spacial score (nSPS) is 12.6. The molecule has 0 radical (unpaired) electrons. The number of anilines is 1. The quantitative estimate of drug-likeness (QED) is 0.754. The molecule has 1 aliphatic carbocycles. The number of rotatable bonds is 7. The molecule has 0 fully saturated rings. The molecular formula is C19H19NO5. The summed E-state index contributed by atoms with van der Waals surface area (Å²) in [6.45, 7) is 0.107. The lowest BCUT2D eigenvalue weighted by molar-refractivity contribution is -0.118. The van der Waals surface area contributed by atoms with Gasteiger partial charge in [0.15, 0.2) is 5.78 Å². The summed E-state index contributed by atoms with van der Waals surface area (Å²) >= 11 is 0. The lowest BCUT2D eigenvalue weighted by Gasteiger charge is -2.12. The van der Waals surface area contributed by atoms with Gasteiger partial charge in [-0.3, -0.25) is 9.59 Å². The first-order chi connectivity index (χ1) is 12.2. The third kappa shape index (κ3) is 4.16. The molecule has 2 aromatic rings. The smallest absolute Gasteiger partial charge is 0.250 e. The highest BCUT2D eigenvalue weighted by Gasteiger charge is 2.22. The maximum Gasteiger partial charge on any atom is 0.250 e. The Labute approximate surface area is 145 Å². The molecule has 0 aliphatic heterocycles. The largest absolute Gasteiger partial charge is 0.490 e. The third-order valence-corrected chi connectivity index (χ3v) is 3.91. The molecule has 6 nitrogen and oxygen atoms in total. The minimum atomic E-state index is -0.567. The van der Waals surface area contributed by atoms with Gasteiger partial charge in [-0.1, -0.05) is 18.2 Å². The van der Waals surface area contributed by atoms with Crippen molar-refractivity contribution in [3.8, 4) is 11.5 Å². The van der Waals surface area contributed by atoms with E-state index in [1.807, 2.05) is 18.2 Å². The van der Waals surface area contributed by atoms with Crippen molar-refractivity contribution < 1.29 is 24.2 Å². The van der Waals surface area contributed by atoms with Gasteiger partial charge in [0.1, 0.15) is 31.3 Å². The van der Waals surface area contributed by atoms with Crippen LogP contribution in [0.25, 0.3) is 0 Å². The standard InChI is InChI=1S/C19H19NO5/c21-12-19(23)20-13-3-1-4-14(11-13)24-9-10-25-18-6-2-5-15-16(18)7-8-17(15)22/h1-6,11,21H,7-10,12H2,(H,20,23). The number of benzene rings is 2. The van der Waals surface area contributed by atoms with Crippen LogP contribution in [0.1, 0.15) is 22.3 Å². The van der Waals surface area contributed by atoms with Crippen molar-refractivity contribution in [3.63, 3.8) is 0 Å². The zero-order valence-electron chi connectivity index (χ0n) is 13.7. The number of hydrogen-bond donors (Lipinski definition) is 2. The number of nitrogens with one attached hydrogen (secondary N) is 1. The fourth-order valence-corrected chi connectivity index (χ4v) is 2.77. The van der Waals surface area contributed by atoms with E-state index in [-0.39, 0.29) is 5.78 Å². The molecule has 130 valence electrons. The first-order valence-corrected chi connectivity index (χ1v) is 8.09. The Morgan fingerprint density at radius 2 is 1.88 bits per heavy atom. The van der Waals surface area contributed by atoms with Crippen LogP contribution in [0.2, 0.25) is 0 Å².